The Bertz CT molecular complexity index is 987. The van der Waals surface area contributed by atoms with Crippen LogP contribution in [0.15, 0.2) is 60.7 Å². The smallest absolute Gasteiger partial charge is 0.130 e. The second-order valence-electron chi connectivity index (χ2n) is 7.15. The van der Waals surface area contributed by atoms with Crippen molar-refractivity contribution >= 4 is 0 Å². The maximum absolute atomic E-state index is 6.39. The van der Waals surface area contributed by atoms with E-state index in [0.29, 0.717) is 5.75 Å². The Hall–Kier alpha value is -3.34. The molecule has 0 unspecified atom stereocenters. The molecule has 5 nitrogen and oxygen atoms in total. The summed E-state index contributed by atoms with van der Waals surface area (Å²) in [5.74, 6) is 3.90. The van der Waals surface area contributed by atoms with Gasteiger partial charge in [-0.2, -0.15) is 0 Å². The highest BCUT2D eigenvalue weighted by atomic mass is 16.5. The van der Waals surface area contributed by atoms with Crippen LogP contribution in [-0.2, 0) is 0 Å². The standard InChI is InChI=1S/C25H26O5/c1-26-17-11-9-16(10-12-17)22-15-20(19-7-5-6-8-21(19)30-22)25-23(28-3)13-18(27-2)14-24(25)29-4/h5-14,20,22H,15H2,1-4H3/t20-,22-/m0/s1. The minimum atomic E-state index is -0.104. The lowest BCUT2D eigenvalue weighted by Gasteiger charge is -2.34. The van der Waals surface area contributed by atoms with E-state index in [1.807, 2.05) is 42.5 Å². The van der Waals surface area contributed by atoms with Gasteiger partial charge in [-0.3, -0.25) is 0 Å². The number of rotatable bonds is 6. The van der Waals surface area contributed by atoms with Crippen molar-refractivity contribution in [2.24, 2.45) is 0 Å². The van der Waals surface area contributed by atoms with Crippen LogP contribution in [0.3, 0.4) is 0 Å². The largest absolute Gasteiger partial charge is 0.497 e. The lowest BCUT2D eigenvalue weighted by Crippen LogP contribution is -2.21. The molecule has 0 spiro atoms. The Morgan fingerprint density at radius 2 is 1.37 bits per heavy atom. The molecule has 1 aliphatic heterocycles. The van der Waals surface area contributed by atoms with Gasteiger partial charge in [0.05, 0.1) is 28.4 Å². The van der Waals surface area contributed by atoms with Crippen molar-refractivity contribution in [3.8, 4) is 28.7 Å². The Labute approximate surface area is 177 Å². The fraction of sp³-hybridized carbons (Fsp3) is 0.280. The summed E-state index contributed by atoms with van der Waals surface area (Å²) in [7, 11) is 6.64. The van der Waals surface area contributed by atoms with E-state index in [2.05, 4.69) is 18.2 Å². The second-order valence-corrected chi connectivity index (χ2v) is 7.15. The zero-order valence-corrected chi connectivity index (χ0v) is 17.7. The highest BCUT2D eigenvalue weighted by Crippen LogP contribution is 2.51. The molecular formula is C25H26O5. The molecule has 0 aromatic heterocycles. The summed E-state index contributed by atoms with van der Waals surface area (Å²) in [5.41, 5.74) is 3.21. The fourth-order valence-electron chi connectivity index (χ4n) is 4.09. The highest BCUT2D eigenvalue weighted by molar-refractivity contribution is 5.57. The Morgan fingerprint density at radius 1 is 0.733 bits per heavy atom. The lowest BCUT2D eigenvalue weighted by molar-refractivity contribution is 0.166. The summed E-state index contributed by atoms with van der Waals surface area (Å²) < 4.78 is 28.6. The van der Waals surface area contributed by atoms with Crippen molar-refractivity contribution in [1.82, 2.24) is 0 Å². The molecule has 3 aromatic carbocycles. The monoisotopic (exact) mass is 406 g/mol. The molecule has 1 aliphatic rings. The fourth-order valence-corrected chi connectivity index (χ4v) is 4.09. The van der Waals surface area contributed by atoms with Crippen LogP contribution in [0.5, 0.6) is 28.7 Å². The number of fused-ring (bicyclic) bond motifs is 1. The molecule has 0 amide bonds. The van der Waals surface area contributed by atoms with E-state index in [1.165, 1.54) is 0 Å². The summed E-state index contributed by atoms with van der Waals surface area (Å²) in [6.45, 7) is 0. The van der Waals surface area contributed by atoms with E-state index in [1.54, 1.807) is 28.4 Å². The van der Waals surface area contributed by atoms with Gasteiger partial charge in [0.15, 0.2) is 0 Å². The average molecular weight is 406 g/mol. The third-order valence-corrected chi connectivity index (χ3v) is 5.60. The van der Waals surface area contributed by atoms with Crippen LogP contribution in [-0.4, -0.2) is 28.4 Å². The summed E-state index contributed by atoms with van der Waals surface area (Å²) in [5, 5.41) is 0. The Balaban J connectivity index is 1.82. The van der Waals surface area contributed by atoms with Gasteiger partial charge in [-0.05, 0) is 30.2 Å². The van der Waals surface area contributed by atoms with Gasteiger partial charge < -0.3 is 23.7 Å². The van der Waals surface area contributed by atoms with Gasteiger partial charge >= 0.3 is 0 Å². The van der Waals surface area contributed by atoms with Crippen LogP contribution in [0.2, 0.25) is 0 Å². The van der Waals surface area contributed by atoms with E-state index in [4.69, 9.17) is 23.7 Å². The zero-order chi connectivity index (χ0) is 21.1. The molecular weight excluding hydrogens is 380 g/mol. The van der Waals surface area contributed by atoms with Crippen molar-refractivity contribution in [1.29, 1.82) is 0 Å². The molecule has 1 heterocycles. The van der Waals surface area contributed by atoms with Gasteiger partial charge in [0.1, 0.15) is 34.9 Å². The van der Waals surface area contributed by atoms with Crippen molar-refractivity contribution < 1.29 is 23.7 Å². The summed E-state index contributed by atoms with van der Waals surface area (Å²) in [4.78, 5) is 0. The molecule has 3 aromatic rings. The lowest BCUT2D eigenvalue weighted by atomic mass is 9.81. The number of hydrogen-bond acceptors (Lipinski definition) is 5. The summed E-state index contributed by atoms with van der Waals surface area (Å²) in [6.07, 6.45) is 0.648. The van der Waals surface area contributed by atoms with Crippen molar-refractivity contribution in [3.05, 3.63) is 77.4 Å². The number of para-hydroxylation sites is 1. The molecule has 30 heavy (non-hydrogen) atoms. The first-order valence-corrected chi connectivity index (χ1v) is 9.88. The third-order valence-electron chi connectivity index (χ3n) is 5.60. The molecule has 0 bridgehead atoms. The molecule has 0 N–H and O–H groups in total. The van der Waals surface area contributed by atoms with Crippen molar-refractivity contribution in [2.45, 2.75) is 18.4 Å². The third kappa shape index (κ3) is 3.63. The minimum absolute atomic E-state index is 0.0397. The van der Waals surface area contributed by atoms with E-state index in [0.717, 1.165) is 46.1 Å². The van der Waals surface area contributed by atoms with Crippen molar-refractivity contribution in [2.75, 3.05) is 28.4 Å². The molecule has 0 saturated heterocycles. The van der Waals surface area contributed by atoms with Crippen LogP contribution in [0.25, 0.3) is 0 Å². The normalized spacial score (nSPS) is 17.5. The van der Waals surface area contributed by atoms with Crippen LogP contribution in [0, 0.1) is 0 Å². The first-order chi connectivity index (χ1) is 14.7. The van der Waals surface area contributed by atoms with Gasteiger partial charge in [0.25, 0.3) is 0 Å². The zero-order valence-electron chi connectivity index (χ0n) is 17.7. The number of ether oxygens (including phenoxy) is 5. The molecule has 0 aliphatic carbocycles. The quantitative estimate of drug-likeness (QED) is 0.550. The summed E-state index contributed by atoms with van der Waals surface area (Å²) in [6, 6.07) is 20.0. The maximum atomic E-state index is 6.39. The van der Waals surface area contributed by atoms with Gasteiger partial charge in [-0.1, -0.05) is 30.3 Å². The van der Waals surface area contributed by atoms with Crippen LogP contribution in [0.4, 0.5) is 0 Å². The van der Waals surface area contributed by atoms with Gasteiger partial charge in [0, 0.05) is 29.2 Å². The minimum Gasteiger partial charge on any atom is -0.497 e. The number of methoxy groups -OCH3 is 4. The average Bonchev–Trinajstić information content (AvgIpc) is 2.82. The van der Waals surface area contributed by atoms with Gasteiger partial charge in [-0.15, -0.1) is 0 Å². The topological polar surface area (TPSA) is 46.2 Å². The van der Waals surface area contributed by atoms with E-state index in [9.17, 15) is 0 Å². The number of benzene rings is 3. The molecule has 4 rings (SSSR count). The SMILES string of the molecule is COc1ccc([C@@H]2C[C@H](c3c(OC)cc(OC)cc3OC)c3ccccc3O2)cc1. The van der Waals surface area contributed by atoms with Crippen molar-refractivity contribution in [3.63, 3.8) is 0 Å². The first-order valence-electron chi connectivity index (χ1n) is 9.88. The molecule has 156 valence electrons. The predicted octanol–water partition coefficient (Wildman–Crippen LogP) is 5.38. The number of hydrogen-bond donors (Lipinski definition) is 0. The second kappa shape index (κ2) is 8.57. The Kier molecular flexibility index (Phi) is 5.70. The van der Waals surface area contributed by atoms with Crippen LogP contribution in [0.1, 0.15) is 35.1 Å². The maximum Gasteiger partial charge on any atom is 0.130 e. The van der Waals surface area contributed by atoms with Crippen LogP contribution >= 0.6 is 0 Å². The van der Waals surface area contributed by atoms with E-state index < -0.39 is 0 Å². The molecule has 0 saturated carbocycles. The highest BCUT2D eigenvalue weighted by Gasteiger charge is 2.34. The first kappa shape index (κ1) is 20.0. The van der Waals surface area contributed by atoms with Gasteiger partial charge in [0.2, 0.25) is 0 Å². The molecule has 0 radical (unpaired) electrons. The van der Waals surface area contributed by atoms with E-state index in [-0.39, 0.29) is 12.0 Å². The molecule has 5 heteroatoms. The van der Waals surface area contributed by atoms with E-state index >= 15 is 0 Å². The Morgan fingerprint density at radius 3 is 1.97 bits per heavy atom. The predicted molar refractivity (Wildman–Crippen MR) is 115 cm³/mol. The summed E-state index contributed by atoms with van der Waals surface area (Å²) >= 11 is 0. The van der Waals surface area contributed by atoms with Gasteiger partial charge in [-0.25, -0.2) is 0 Å². The molecule has 2 atom stereocenters. The molecule has 0 fully saturated rings. The van der Waals surface area contributed by atoms with Crippen LogP contribution < -0.4 is 23.7 Å².